The van der Waals surface area contributed by atoms with Gasteiger partial charge in [-0.15, -0.1) is 0 Å². The summed E-state index contributed by atoms with van der Waals surface area (Å²) in [6, 6.07) is 7.43. The largest absolute Gasteiger partial charge is 0.355 e. The number of hydrogen-bond acceptors (Lipinski definition) is 5. The molecule has 2 heterocycles. The Hall–Kier alpha value is -2.87. The van der Waals surface area contributed by atoms with Gasteiger partial charge >= 0.3 is 5.69 Å². The lowest BCUT2D eigenvalue weighted by atomic mass is 10.1. The molecule has 1 aliphatic heterocycles. The van der Waals surface area contributed by atoms with Crippen molar-refractivity contribution < 1.29 is 4.79 Å². The van der Waals surface area contributed by atoms with Gasteiger partial charge in [-0.3, -0.25) is 23.6 Å². The third kappa shape index (κ3) is 4.01. The first-order chi connectivity index (χ1) is 13.3. The second-order valence-corrected chi connectivity index (χ2v) is 7.32. The van der Waals surface area contributed by atoms with Crippen molar-refractivity contribution in [3.05, 3.63) is 56.2 Å². The van der Waals surface area contributed by atoms with Gasteiger partial charge in [0.25, 0.3) is 5.56 Å². The molecule has 0 atom stereocenters. The highest BCUT2D eigenvalue weighted by Crippen LogP contribution is 2.19. The van der Waals surface area contributed by atoms with E-state index in [1.165, 1.54) is 17.7 Å². The van der Waals surface area contributed by atoms with E-state index in [1.807, 2.05) is 36.9 Å². The Morgan fingerprint density at radius 2 is 1.61 bits per heavy atom. The predicted molar refractivity (Wildman–Crippen MR) is 110 cm³/mol. The van der Waals surface area contributed by atoms with E-state index in [9.17, 15) is 14.4 Å². The molecular weight excluding hydrogens is 358 g/mol. The van der Waals surface area contributed by atoms with Gasteiger partial charge in [0.1, 0.15) is 5.82 Å². The molecule has 0 unspecified atom stereocenters. The van der Waals surface area contributed by atoms with Crippen LogP contribution in [0.2, 0.25) is 0 Å². The van der Waals surface area contributed by atoms with E-state index in [-0.39, 0.29) is 17.2 Å². The zero-order valence-electron chi connectivity index (χ0n) is 16.9. The van der Waals surface area contributed by atoms with Crippen molar-refractivity contribution in [2.45, 2.75) is 13.8 Å². The topological polar surface area (TPSA) is 79.6 Å². The summed E-state index contributed by atoms with van der Waals surface area (Å²) in [5, 5.41) is 3.02. The number of aryl methyl sites for hydroxylation is 2. The third-order valence-corrected chi connectivity index (χ3v) is 5.31. The van der Waals surface area contributed by atoms with Gasteiger partial charge in [-0.2, -0.15) is 0 Å². The molecule has 1 fully saturated rings. The highest BCUT2D eigenvalue weighted by atomic mass is 16.2. The quantitative estimate of drug-likeness (QED) is 0.827. The van der Waals surface area contributed by atoms with Crippen molar-refractivity contribution in [1.82, 2.24) is 14.0 Å². The number of carbonyl (C=O) groups is 1. The lowest BCUT2D eigenvalue weighted by Gasteiger charge is -2.36. The third-order valence-electron chi connectivity index (χ3n) is 5.31. The monoisotopic (exact) mass is 385 g/mol. The number of hydrogen-bond donors (Lipinski definition) is 1. The Morgan fingerprint density at radius 3 is 2.21 bits per heavy atom. The van der Waals surface area contributed by atoms with Crippen LogP contribution in [0.1, 0.15) is 11.1 Å². The van der Waals surface area contributed by atoms with E-state index in [1.54, 1.807) is 7.05 Å². The van der Waals surface area contributed by atoms with Crippen molar-refractivity contribution in [3.8, 4) is 0 Å². The van der Waals surface area contributed by atoms with Crippen LogP contribution >= 0.6 is 0 Å². The molecule has 28 heavy (non-hydrogen) atoms. The van der Waals surface area contributed by atoms with Crippen LogP contribution in [0.3, 0.4) is 0 Å². The van der Waals surface area contributed by atoms with Crippen LogP contribution in [-0.2, 0) is 18.9 Å². The number of nitrogens with one attached hydrogen (secondary N) is 1. The van der Waals surface area contributed by atoms with Gasteiger partial charge in [0.2, 0.25) is 5.91 Å². The molecule has 8 nitrogen and oxygen atoms in total. The Morgan fingerprint density at radius 1 is 1.00 bits per heavy atom. The van der Waals surface area contributed by atoms with E-state index in [0.717, 1.165) is 21.4 Å². The van der Waals surface area contributed by atoms with Gasteiger partial charge in [-0.1, -0.05) is 18.2 Å². The fourth-order valence-corrected chi connectivity index (χ4v) is 3.55. The van der Waals surface area contributed by atoms with Gasteiger partial charge in [-0.25, -0.2) is 4.79 Å². The number of aromatic nitrogens is 2. The molecule has 3 rings (SSSR count). The number of piperazine rings is 1. The number of rotatable bonds is 4. The average molecular weight is 385 g/mol. The first kappa shape index (κ1) is 19.9. The molecule has 2 aromatic rings. The minimum absolute atomic E-state index is 0.0353. The number of nitrogens with zero attached hydrogens (tertiary/aromatic N) is 4. The standard InChI is InChI=1S/C20H27N5O3/c1-14-6-5-7-15(2)19(14)21-16(26)13-24-8-10-25(11-9-24)17-12-18(27)23(4)20(28)22(17)3/h5-7,12H,8-11,13H2,1-4H3,(H,21,26). The van der Waals surface area contributed by atoms with E-state index >= 15 is 0 Å². The highest BCUT2D eigenvalue weighted by molar-refractivity contribution is 5.93. The van der Waals surface area contributed by atoms with Crippen molar-refractivity contribution in [1.29, 1.82) is 0 Å². The molecule has 0 radical (unpaired) electrons. The summed E-state index contributed by atoms with van der Waals surface area (Å²) in [7, 11) is 3.14. The molecule has 8 heteroatoms. The van der Waals surface area contributed by atoms with Gasteiger partial charge in [-0.05, 0) is 25.0 Å². The molecule has 1 aromatic heterocycles. The molecule has 0 bridgehead atoms. The van der Waals surface area contributed by atoms with Crippen LogP contribution in [0, 0.1) is 13.8 Å². The fourth-order valence-electron chi connectivity index (χ4n) is 3.55. The molecule has 1 amide bonds. The smallest absolute Gasteiger partial charge is 0.332 e. The van der Waals surface area contributed by atoms with Crippen LogP contribution in [0.5, 0.6) is 0 Å². The SMILES string of the molecule is Cc1cccc(C)c1NC(=O)CN1CCN(c2cc(=O)n(C)c(=O)n2C)CC1. The van der Waals surface area contributed by atoms with Crippen LogP contribution in [0.25, 0.3) is 0 Å². The second-order valence-electron chi connectivity index (χ2n) is 7.32. The zero-order chi connectivity index (χ0) is 20.4. The summed E-state index contributed by atoms with van der Waals surface area (Å²) >= 11 is 0. The maximum Gasteiger partial charge on any atom is 0.332 e. The Kier molecular flexibility index (Phi) is 5.69. The van der Waals surface area contributed by atoms with E-state index in [2.05, 4.69) is 10.2 Å². The summed E-state index contributed by atoms with van der Waals surface area (Å²) in [4.78, 5) is 40.6. The van der Waals surface area contributed by atoms with Crippen LogP contribution in [0.15, 0.2) is 33.9 Å². The highest BCUT2D eigenvalue weighted by Gasteiger charge is 2.22. The maximum absolute atomic E-state index is 12.5. The summed E-state index contributed by atoms with van der Waals surface area (Å²) in [5.74, 6) is 0.583. The summed E-state index contributed by atoms with van der Waals surface area (Å²) in [6.07, 6.45) is 0. The minimum atomic E-state index is -0.335. The molecule has 1 aromatic carbocycles. The lowest BCUT2D eigenvalue weighted by Crippen LogP contribution is -2.50. The fraction of sp³-hybridized carbons (Fsp3) is 0.450. The van der Waals surface area contributed by atoms with Gasteiger partial charge in [0.15, 0.2) is 0 Å². The van der Waals surface area contributed by atoms with Gasteiger partial charge in [0.05, 0.1) is 6.54 Å². The van der Waals surface area contributed by atoms with Crippen molar-refractivity contribution in [2.75, 3.05) is 42.9 Å². The van der Waals surface area contributed by atoms with Crippen molar-refractivity contribution >= 4 is 17.4 Å². The first-order valence-electron chi connectivity index (χ1n) is 9.38. The summed E-state index contributed by atoms with van der Waals surface area (Å²) < 4.78 is 2.59. The lowest BCUT2D eigenvalue weighted by molar-refractivity contribution is -0.117. The van der Waals surface area contributed by atoms with Crippen molar-refractivity contribution in [3.63, 3.8) is 0 Å². The maximum atomic E-state index is 12.5. The minimum Gasteiger partial charge on any atom is -0.355 e. The van der Waals surface area contributed by atoms with Crippen LogP contribution in [-0.4, -0.2) is 52.7 Å². The summed E-state index contributed by atoms with van der Waals surface area (Å²) in [5.41, 5.74) is 2.32. The Balaban J connectivity index is 1.61. The normalized spacial score (nSPS) is 14.9. The molecular formula is C20H27N5O3. The van der Waals surface area contributed by atoms with Crippen LogP contribution in [0.4, 0.5) is 11.5 Å². The van der Waals surface area contributed by atoms with Crippen molar-refractivity contribution in [2.24, 2.45) is 14.1 Å². The average Bonchev–Trinajstić information content (AvgIpc) is 2.67. The molecule has 150 valence electrons. The number of anilines is 2. The summed E-state index contributed by atoms with van der Waals surface area (Å²) in [6.45, 7) is 6.95. The van der Waals surface area contributed by atoms with Crippen LogP contribution < -0.4 is 21.5 Å². The number of benzene rings is 1. The number of amides is 1. The van der Waals surface area contributed by atoms with E-state index in [0.29, 0.717) is 38.5 Å². The Bertz CT molecular complexity index is 980. The second kappa shape index (κ2) is 8.02. The molecule has 0 aliphatic carbocycles. The zero-order valence-corrected chi connectivity index (χ0v) is 16.9. The van der Waals surface area contributed by atoms with E-state index in [4.69, 9.17) is 0 Å². The molecule has 1 N–H and O–H groups in total. The molecule has 0 spiro atoms. The van der Waals surface area contributed by atoms with E-state index < -0.39 is 0 Å². The molecule has 0 saturated carbocycles. The number of carbonyl (C=O) groups excluding carboxylic acids is 1. The van der Waals surface area contributed by atoms with Gasteiger partial charge in [0, 0.05) is 52.0 Å². The Labute approximate surface area is 164 Å². The molecule has 1 saturated heterocycles. The van der Waals surface area contributed by atoms with Gasteiger partial charge < -0.3 is 10.2 Å². The number of para-hydroxylation sites is 1. The predicted octanol–water partition coefficient (Wildman–Crippen LogP) is 0.462. The first-order valence-corrected chi connectivity index (χ1v) is 9.38. The molecule has 1 aliphatic rings.